The van der Waals surface area contributed by atoms with E-state index in [0.29, 0.717) is 5.92 Å². The van der Waals surface area contributed by atoms with E-state index in [2.05, 4.69) is 97.9 Å². The molecule has 2 atom stereocenters. The number of hydrogen-bond acceptors (Lipinski definition) is 0. The molecule has 0 radical (unpaired) electrons. The number of rotatable bonds is 14. The van der Waals surface area contributed by atoms with E-state index in [0.717, 1.165) is 12.8 Å². The van der Waals surface area contributed by atoms with Crippen LogP contribution in [-0.4, -0.2) is 16.9 Å². The Morgan fingerprint density at radius 3 is 1.53 bits per heavy atom. The molecule has 0 spiro atoms. The first-order chi connectivity index (χ1) is 15.7. The minimum absolute atomic E-state index is 0.287. The Labute approximate surface area is 205 Å². The Hall–Kier alpha value is -1.78. The molecule has 1 heteroatoms. The third-order valence-corrected chi connectivity index (χ3v) is 8.64. The normalized spacial score (nSPS) is 12.6. The van der Waals surface area contributed by atoms with Crippen molar-refractivity contribution in [2.75, 3.05) is 0 Å². The molecule has 0 aliphatic carbocycles. The fourth-order valence-electron chi connectivity index (χ4n) is 4.97. The van der Waals surface area contributed by atoms with Crippen LogP contribution in [0.5, 0.6) is 0 Å². The van der Waals surface area contributed by atoms with Crippen LogP contribution in [0.1, 0.15) is 68.6 Å². The number of benzene rings is 3. The van der Waals surface area contributed by atoms with E-state index in [1.165, 1.54) is 68.1 Å². The van der Waals surface area contributed by atoms with Crippen molar-refractivity contribution in [3.63, 3.8) is 0 Å². The molecule has 0 amide bonds. The first kappa shape index (κ1) is 24.9. The van der Waals surface area contributed by atoms with Crippen LogP contribution >= 0.6 is 0 Å². The molecule has 0 aromatic heterocycles. The Morgan fingerprint density at radius 2 is 1.03 bits per heavy atom. The van der Waals surface area contributed by atoms with Gasteiger partial charge in [-0.25, -0.2) is 0 Å². The van der Waals surface area contributed by atoms with Crippen molar-refractivity contribution in [2.45, 2.75) is 75.3 Å². The van der Waals surface area contributed by atoms with Crippen LogP contribution in [-0.2, 0) is 19.3 Å². The van der Waals surface area contributed by atoms with Gasteiger partial charge in [0.15, 0.2) is 0 Å². The minimum atomic E-state index is 0.287. The first-order valence-electron chi connectivity index (χ1n) is 12.6. The van der Waals surface area contributed by atoms with Crippen molar-refractivity contribution < 1.29 is 0 Å². The average Bonchev–Trinajstić information content (AvgIpc) is 2.82. The monoisotopic (exact) mass is 488 g/mol. The van der Waals surface area contributed by atoms with Crippen molar-refractivity contribution in [1.82, 2.24) is 0 Å². The molecular formula is C31H41As. The van der Waals surface area contributed by atoms with E-state index in [1.807, 2.05) is 16.9 Å². The summed E-state index contributed by atoms with van der Waals surface area (Å²) >= 11 is 1.95. The Morgan fingerprint density at radius 1 is 0.594 bits per heavy atom. The van der Waals surface area contributed by atoms with Gasteiger partial charge >= 0.3 is 206 Å². The second-order valence-corrected chi connectivity index (χ2v) is 11.9. The molecule has 3 rings (SSSR count). The molecule has 2 unspecified atom stereocenters. The Balaban J connectivity index is 1.82. The molecule has 170 valence electrons. The summed E-state index contributed by atoms with van der Waals surface area (Å²) in [6.07, 6.45) is 13.1. The Kier molecular flexibility index (Phi) is 10.6. The van der Waals surface area contributed by atoms with Gasteiger partial charge in [-0.15, -0.1) is 0 Å². The summed E-state index contributed by atoms with van der Waals surface area (Å²) in [5.41, 5.74) is 4.45. The van der Waals surface area contributed by atoms with Gasteiger partial charge in [0.05, 0.1) is 0 Å². The maximum atomic E-state index is 2.33. The molecule has 0 saturated heterocycles. The third-order valence-electron chi connectivity index (χ3n) is 6.80. The van der Waals surface area contributed by atoms with Gasteiger partial charge in [0, 0.05) is 0 Å². The molecule has 0 nitrogen and oxygen atoms in total. The standard InChI is InChI=1S/C31H41As/c1-2-3-4-5-6-16-23-30(24-27-17-10-7-11-18-27)31(32,25-28-19-12-8-13-20-28)26-29-21-14-9-15-22-29/h7-15,17-22,30H,2-6,16,23-26,32H2,1H3. The zero-order valence-corrected chi connectivity index (χ0v) is 22.3. The average molecular weight is 489 g/mol. The molecule has 0 heterocycles. The predicted molar refractivity (Wildman–Crippen MR) is 143 cm³/mol. The van der Waals surface area contributed by atoms with Crippen molar-refractivity contribution in [3.8, 4) is 0 Å². The first-order valence-corrected chi connectivity index (χ1v) is 13.8. The van der Waals surface area contributed by atoms with Crippen molar-refractivity contribution >= 4 is 16.9 Å². The van der Waals surface area contributed by atoms with Gasteiger partial charge in [0.25, 0.3) is 0 Å². The molecule has 0 bridgehead atoms. The molecule has 3 aromatic rings. The summed E-state index contributed by atoms with van der Waals surface area (Å²) < 4.78 is 0.287. The van der Waals surface area contributed by atoms with E-state index >= 15 is 0 Å². The second-order valence-electron chi connectivity index (χ2n) is 9.50. The van der Waals surface area contributed by atoms with Gasteiger partial charge in [-0.2, -0.15) is 0 Å². The van der Waals surface area contributed by atoms with Crippen LogP contribution in [0.3, 0.4) is 0 Å². The van der Waals surface area contributed by atoms with E-state index in [4.69, 9.17) is 0 Å². The number of unbranched alkanes of at least 4 members (excludes halogenated alkanes) is 5. The van der Waals surface area contributed by atoms with Gasteiger partial charge in [-0.1, -0.05) is 0 Å². The van der Waals surface area contributed by atoms with Gasteiger partial charge in [-0.05, 0) is 0 Å². The topological polar surface area (TPSA) is 0 Å². The van der Waals surface area contributed by atoms with Crippen LogP contribution in [0.2, 0.25) is 4.20 Å². The van der Waals surface area contributed by atoms with Crippen molar-refractivity contribution in [1.29, 1.82) is 0 Å². The summed E-state index contributed by atoms with van der Waals surface area (Å²) in [5.74, 6) is 0.691. The molecule has 0 aliphatic heterocycles. The van der Waals surface area contributed by atoms with Crippen LogP contribution in [0.15, 0.2) is 91.0 Å². The quantitative estimate of drug-likeness (QED) is 0.160. The molecule has 0 N–H and O–H groups in total. The van der Waals surface area contributed by atoms with Crippen LogP contribution < -0.4 is 0 Å². The fraction of sp³-hybridized carbons (Fsp3) is 0.419. The van der Waals surface area contributed by atoms with E-state index in [-0.39, 0.29) is 4.20 Å². The molecule has 0 saturated carbocycles. The Bertz CT molecular complexity index is 815. The molecular weight excluding hydrogens is 447 g/mol. The van der Waals surface area contributed by atoms with Gasteiger partial charge in [0.1, 0.15) is 0 Å². The molecule has 0 aliphatic rings. The van der Waals surface area contributed by atoms with Crippen LogP contribution in [0.25, 0.3) is 0 Å². The fourth-order valence-corrected chi connectivity index (χ4v) is 6.55. The maximum absolute atomic E-state index is 2.33. The van der Waals surface area contributed by atoms with Crippen molar-refractivity contribution in [2.24, 2.45) is 5.92 Å². The summed E-state index contributed by atoms with van der Waals surface area (Å²) in [6.45, 7) is 2.30. The third kappa shape index (κ3) is 8.29. The molecule has 32 heavy (non-hydrogen) atoms. The predicted octanol–water partition coefficient (Wildman–Crippen LogP) is 7.87. The van der Waals surface area contributed by atoms with E-state index in [1.54, 1.807) is 0 Å². The zero-order chi connectivity index (χ0) is 22.5. The molecule has 3 aromatic carbocycles. The van der Waals surface area contributed by atoms with Gasteiger partial charge in [0.2, 0.25) is 0 Å². The van der Waals surface area contributed by atoms with Gasteiger partial charge in [-0.3, -0.25) is 0 Å². The summed E-state index contributed by atoms with van der Waals surface area (Å²) in [5, 5.41) is 0. The van der Waals surface area contributed by atoms with Crippen molar-refractivity contribution in [3.05, 3.63) is 108 Å². The SMILES string of the molecule is CCCCCCCCC(Cc1ccccc1)C([AsH2])(Cc1ccccc1)Cc1ccccc1. The summed E-state index contributed by atoms with van der Waals surface area (Å²) in [7, 11) is 0. The molecule has 0 fully saturated rings. The summed E-state index contributed by atoms with van der Waals surface area (Å²) in [4.78, 5) is 0. The second kappa shape index (κ2) is 13.7. The zero-order valence-electron chi connectivity index (χ0n) is 19.9. The van der Waals surface area contributed by atoms with E-state index in [9.17, 15) is 0 Å². The number of hydrogen-bond donors (Lipinski definition) is 0. The van der Waals surface area contributed by atoms with Crippen LogP contribution in [0, 0.1) is 5.92 Å². The van der Waals surface area contributed by atoms with Gasteiger partial charge < -0.3 is 0 Å². The van der Waals surface area contributed by atoms with E-state index < -0.39 is 0 Å². The summed E-state index contributed by atoms with van der Waals surface area (Å²) in [6, 6.07) is 33.6. The van der Waals surface area contributed by atoms with Crippen LogP contribution in [0.4, 0.5) is 0 Å².